The van der Waals surface area contributed by atoms with Gasteiger partial charge in [-0.3, -0.25) is 14.3 Å². The zero-order chi connectivity index (χ0) is 22.0. The lowest BCUT2D eigenvalue weighted by atomic mass is 10.1. The molecule has 0 aliphatic heterocycles. The van der Waals surface area contributed by atoms with Crippen LogP contribution in [0, 0.1) is 6.92 Å². The minimum absolute atomic E-state index is 0.0132. The summed E-state index contributed by atoms with van der Waals surface area (Å²) in [4.78, 5) is 36.1. The molecular formula is C16H16F4N4O4S. The molecule has 0 spiro atoms. The molecule has 29 heavy (non-hydrogen) atoms. The van der Waals surface area contributed by atoms with Gasteiger partial charge in [-0.05, 0) is 25.5 Å². The monoisotopic (exact) mass is 436 g/mol. The number of esters is 1. The Kier molecular flexibility index (Phi) is 6.62. The van der Waals surface area contributed by atoms with E-state index in [1.165, 1.54) is 6.92 Å². The smallest absolute Gasteiger partial charge is 0.341 e. The Labute approximate surface area is 165 Å². The highest BCUT2D eigenvalue weighted by molar-refractivity contribution is 7.18. The van der Waals surface area contributed by atoms with Crippen molar-refractivity contribution in [3.63, 3.8) is 0 Å². The highest BCUT2D eigenvalue weighted by atomic mass is 32.1. The second-order valence-electron chi connectivity index (χ2n) is 5.82. The number of nitrogens with one attached hydrogen (secondary N) is 1. The van der Waals surface area contributed by atoms with Gasteiger partial charge >= 0.3 is 5.97 Å². The number of aromatic nitrogens is 2. The number of hydrogen-bond acceptors (Lipinski definition) is 6. The van der Waals surface area contributed by atoms with E-state index >= 15 is 0 Å². The van der Waals surface area contributed by atoms with Crippen LogP contribution in [0.2, 0.25) is 0 Å². The number of ether oxygens (including phenoxy) is 1. The summed E-state index contributed by atoms with van der Waals surface area (Å²) in [5.41, 5.74) is 3.51. The van der Waals surface area contributed by atoms with Crippen LogP contribution in [0.5, 0.6) is 0 Å². The topological polar surface area (TPSA) is 116 Å². The molecule has 13 heteroatoms. The number of methoxy groups -OCH3 is 1. The first-order valence-corrected chi connectivity index (χ1v) is 8.79. The van der Waals surface area contributed by atoms with Crippen molar-refractivity contribution in [1.29, 1.82) is 0 Å². The predicted molar refractivity (Wildman–Crippen MR) is 94.4 cm³/mol. The number of primary amides is 1. The SMILES string of the molecule is COC(=O)c1c(NC(=O)C(C)n2nc(C(F)F)cc2C(F)F)sc(C(N)=O)c1C. The molecule has 1 unspecified atom stereocenters. The fourth-order valence-electron chi connectivity index (χ4n) is 2.52. The number of rotatable bonds is 7. The van der Waals surface area contributed by atoms with Crippen molar-refractivity contribution >= 4 is 34.1 Å². The lowest BCUT2D eigenvalue weighted by molar-refractivity contribution is -0.119. The molecule has 2 aromatic heterocycles. The van der Waals surface area contributed by atoms with E-state index in [0.717, 1.165) is 14.0 Å². The number of alkyl halides is 4. The van der Waals surface area contributed by atoms with Gasteiger partial charge in [0, 0.05) is 0 Å². The molecule has 8 nitrogen and oxygen atoms in total. The normalized spacial score (nSPS) is 12.3. The molecule has 158 valence electrons. The molecule has 0 radical (unpaired) electrons. The Morgan fingerprint density at radius 1 is 1.24 bits per heavy atom. The number of thiophene rings is 1. The Balaban J connectivity index is 2.41. The lowest BCUT2D eigenvalue weighted by Gasteiger charge is -2.15. The summed E-state index contributed by atoms with van der Waals surface area (Å²) in [6, 6.07) is -0.920. The minimum atomic E-state index is -3.15. The zero-order valence-corrected chi connectivity index (χ0v) is 16.2. The van der Waals surface area contributed by atoms with Crippen LogP contribution in [0.1, 0.15) is 62.8 Å². The molecule has 2 amide bonds. The number of carbonyl (C=O) groups excluding carboxylic acids is 3. The first-order valence-electron chi connectivity index (χ1n) is 7.97. The predicted octanol–water partition coefficient (Wildman–Crippen LogP) is 3.21. The molecule has 2 rings (SSSR count). The fourth-order valence-corrected chi connectivity index (χ4v) is 3.57. The third kappa shape index (κ3) is 4.39. The zero-order valence-electron chi connectivity index (χ0n) is 15.3. The molecular weight excluding hydrogens is 420 g/mol. The summed E-state index contributed by atoms with van der Waals surface area (Å²) in [6.07, 6.45) is -6.26. The highest BCUT2D eigenvalue weighted by Crippen LogP contribution is 2.34. The number of carbonyl (C=O) groups is 3. The molecule has 0 aliphatic carbocycles. The van der Waals surface area contributed by atoms with Crippen LogP contribution in [-0.2, 0) is 9.53 Å². The van der Waals surface area contributed by atoms with E-state index in [2.05, 4.69) is 15.2 Å². The van der Waals surface area contributed by atoms with E-state index in [9.17, 15) is 31.9 Å². The van der Waals surface area contributed by atoms with Crippen LogP contribution in [0.15, 0.2) is 6.07 Å². The molecule has 0 aromatic carbocycles. The van der Waals surface area contributed by atoms with Crippen molar-refractivity contribution in [2.75, 3.05) is 12.4 Å². The van der Waals surface area contributed by atoms with Gasteiger partial charge in [0.1, 0.15) is 22.4 Å². The van der Waals surface area contributed by atoms with Crippen LogP contribution in [0.3, 0.4) is 0 Å². The molecule has 0 fully saturated rings. The number of nitrogens with zero attached hydrogens (tertiary/aromatic N) is 2. The number of nitrogens with two attached hydrogens (primary N) is 1. The van der Waals surface area contributed by atoms with Crippen LogP contribution < -0.4 is 11.1 Å². The van der Waals surface area contributed by atoms with Crippen molar-refractivity contribution in [3.8, 4) is 0 Å². The van der Waals surface area contributed by atoms with Crippen molar-refractivity contribution in [3.05, 3.63) is 33.5 Å². The third-order valence-electron chi connectivity index (χ3n) is 3.97. The Morgan fingerprint density at radius 2 is 1.86 bits per heavy atom. The standard InChI is InChI=1S/C16H16F4N4O4S/c1-5-9(16(27)28-3)15(29-10(5)13(21)25)22-14(26)6(2)24-8(12(19)20)4-7(23-24)11(17)18/h4,6,11-12H,1-3H3,(H2,21,25)(H,22,26). The first-order chi connectivity index (χ1) is 13.5. The highest BCUT2D eigenvalue weighted by Gasteiger charge is 2.30. The summed E-state index contributed by atoms with van der Waals surface area (Å²) < 4.78 is 57.1. The molecule has 0 saturated carbocycles. The van der Waals surface area contributed by atoms with Crippen molar-refractivity contribution in [2.45, 2.75) is 32.7 Å². The minimum Gasteiger partial charge on any atom is -0.465 e. The Bertz CT molecular complexity index is 957. The van der Waals surface area contributed by atoms with Crippen molar-refractivity contribution in [2.24, 2.45) is 5.73 Å². The molecule has 0 saturated heterocycles. The maximum atomic E-state index is 13.2. The maximum absolute atomic E-state index is 13.2. The van der Waals surface area contributed by atoms with Gasteiger partial charge in [0.2, 0.25) is 5.91 Å². The lowest BCUT2D eigenvalue weighted by Crippen LogP contribution is -2.26. The number of anilines is 1. The summed E-state index contributed by atoms with van der Waals surface area (Å²) in [6.45, 7) is 2.58. The molecule has 0 bridgehead atoms. The first kappa shape index (κ1) is 22.3. The van der Waals surface area contributed by atoms with E-state index in [1.54, 1.807) is 0 Å². The summed E-state index contributed by atoms with van der Waals surface area (Å²) in [5, 5.41) is 5.61. The largest absolute Gasteiger partial charge is 0.465 e. The molecule has 3 N–H and O–H groups in total. The Morgan fingerprint density at radius 3 is 2.34 bits per heavy atom. The van der Waals surface area contributed by atoms with Gasteiger partial charge in [-0.1, -0.05) is 0 Å². The molecule has 1 atom stereocenters. The van der Waals surface area contributed by atoms with Gasteiger partial charge in [0.05, 0.1) is 17.6 Å². The van der Waals surface area contributed by atoms with Gasteiger partial charge in [-0.15, -0.1) is 11.3 Å². The summed E-state index contributed by atoms with van der Waals surface area (Å²) in [7, 11) is 1.09. The van der Waals surface area contributed by atoms with Crippen LogP contribution in [-0.4, -0.2) is 34.7 Å². The van der Waals surface area contributed by atoms with E-state index < -0.39 is 48.1 Å². The maximum Gasteiger partial charge on any atom is 0.341 e. The van der Waals surface area contributed by atoms with Crippen molar-refractivity contribution < 1.29 is 36.7 Å². The van der Waals surface area contributed by atoms with E-state index in [-0.39, 0.29) is 21.0 Å². The van der Waals surface area contributed by atoms with Crippen LogP contribution in [0.25, 0.3) is 0 Å². The Hall–Kier alpha value is -2.96. The van der Waals surface area contributed by atoms with Crippen molar-refractivity contribution in [1.82, 2.24) is 9.78 Å². The van der Waals surface area contributed by atoms with Gasteiger partial charge in [0.15, 0.2) is 0 Å². The molecule has 2 heterocycles. The average Bonchev–Trinajstić information content (AvgIpc) is 3.22. The van der Waals surface area contributed by atoms with E-state index in [0.29, 0.717) is 22.1 Å². The molecule has 0 aliphatic rings. The third-order valence-corrected chi connectivity index (χ3v) is 5.20. The van der Waals surface area contributed by atoms with Crippen LogP contribution in [0.4, 0.5) is 22.6 Å². The van der Waals surface area contributed by atoms with Gasteiger partial charge < -0.3 is 15.8 Å². The van der Waals surface area contributed by atoms with Gasteiger partial charge in [-0.2, -0.15) is 5.10 Å². The van der Waals surface area contributed by atoms with E-state index in [1.807, 2.05) is 0 Å². The number of amides is 2. The fraction of sp³-hybridized carbons (Fsp3) is 0.375. The van der Waals surface area contributed by atoms with Gasteiger partial charge in [-0.25, -0.2) is 22.4 Å². The average molecular weight is 436 g/mol. The second-order valence-corrected chi connectivity index (χ2v) is 6.84. The summed E-state index contributed by atoms with van der Waals surface area (Å²) >= 11 is 0.694. The van der Waals surface area contributed by atoms with Crippen LogP contribution >= 0.6 is 11.3 Å². The number of halogens is 4. The number of hydrogen-bond donors (Lipinski definition) is 2. The second kappa shape index (κ2) is 8.59. The van der Waals surface area contributed by atoms with Gasteiger partial charge in [0.25, 0.3) is 18.8 Å². The quantitative estimate of drug-likeness (QED) is 0.511. The van der Waals surface area contributed by atoms with E-state index in [4.69, 9.17) is 5.73 Å². The summed E-state index contributed by atoms with van der Waals surface area (Å²) in [5.74, 6) is -2.64. The molecule has 2 aromatic rings.